The Bertz CT molecular complexity index is 2130. The van der Waals surface area contributed by atoms with Crippen LogP contribution in [0.25, 0.3) is 10.8 Å². The van der Waals surface area contributed by atoms with Crippen molar-refractivity contribution in [1.29, 1.82) is 0 Å². The minimum absolute atomic E-state index is 0.00731. The van der Waals surface area contributed by atoms with Crippen LogP contribution in [0.15, 0.2) is 36.5 Å². The van der Waals surface area contributed by atoms with Crippen LogP contribution in [0, 0.1) is 23.6 Å². The van der Waals surface area contributed by atoms with Gasteiger partial charge in [-0.2, -0.15) is 13.2 Å². The Morgan fingerprint density at radius 2 is 1.81 bits per heavy atom. The number of carbonyl (C=O) groups is 4. The summed E-state index contributed by atoms with van der Waals surface area (Å²) in [5.74, 6) is -4.76. The summed E-state index contributed by atoms with van der Waals surface area (Å²) in [4.78, 5) is 61.5. The number of ether oxygens (including phenoxy) is 3. The van der Waals surface area contributed by atoms with Gasteiger partial charge in [0.05, 0.1) is 25.2 Å². The average molecular weight is 858 g/mol. The number of nitrogens with one attached hydrogen (secondary N) is 3. The first-order valence-corrected chi connectivity index (χ1v) is 20.8. The Morgan fingerprint density at radius 3 is 2.46 bits per heavy atom. The second-order valence-electron chi connectivity index (χ2n) is 16.7. The molecule has 0 bridgehead atoms. The van der Waals surface area contributed by atoms with Crippen LogP contribution in [-0.2, 0) is 29.1 Å². The minimum Gasteiger partial charge on any atom is -0.494 e. The fraction of sp³-hybridized carbons (Fsp3) is 0.615. The van der Waals surface area contributed by atoms with Crippen LogP contribution in [0.5, 0.6) is 11.6 Å². The monoisotopic (exact) mass is 857 g/mol. The lowest BCUT2D eigenvalue weighted by molar-refractivity contribution is -0.244. The predicted molar refractivity (Wildman–Crippen MR) is 202 cm³/mol. The molecule has 3 fully saturated rings. The van der Waals surface area contributed by atoms with Crippen molar-refractivity contribution in [3.63, 3.8) is 0 Å². The number of benzene rings is 1. The molecule has 2 aliphatic heterocycles. The van der Waals surface area contributed by atoms with Crippen molar-refractivity contribution in [1.82, 2.24) is 25.2 Å². The van der Waals surface area contributed by atoms with Crippen LogP contribution in [-0.4, -0.2) is 103 Å². The molecule has 3 N–H and O–H groups in total. The summed E-state index contributed by atoms with van der Waals surface area (Å²) >= 11 is 0. The maximum atomic E-state index is 14.7. The molecule has 2 saturated carbocycles. The lowest BCUT2D eigenvalue weighted by Crippen LogP contribution is -2.60. The molecule has 2 aromatic rings. The lowest BCUT2D eigenvalue weighted by atomic mass is 9.88. The third-order valence-electron chi connectivity index (χ3n) is 11.8. The van der Waals surface area contributed by atoms with Crippen molar-refractivity contribution in [2.75, 3.05) is 20.3 Å². The Hall–Kier alpha value is -4.75. The quantitative estimate of drug-likeness (QED) is 0.229. The standard InChI is InChI=1S/C39H48F5N5O9S/c1-21-8-6-7-9-23-17-38(23,34(52)48-59(54,55)37(20-40)12-13-37)47-31(50)28-16-25(57-32-27-15-24(41)10-11-26(27)29(56-5)18-45-32)19-49(28)33(51)30(22(2)14-21)46-35(53)58-36(3,4)39(42,43)44/h7,9-11,15,18,21-23,25,28,30H,6,8,12-14,16-17,19-20H2,1-5H3,(H,46,53)(H,47,50)(H,48,52)/t21-,22-,23-,25-,28+,30+,38-/m1/s1. The van der Waals surface area contributed by atoms with Gasteiger partial charge in [-0.25, -0.2) is 27.0 Å². The predicted octanol–water partition coefficient (Wildman–Crippen LogP) is 5.00. The SMILES string of the molecule is COc1cnc(O[C@@H]2C[C@H]3C(=O)N[C@]4(C(=O)NS(=O)(=O)C5(CF)CC5)C[C@H]4C=CCC[C@@H](C)C[C@@H](C)[C@H](NC(=O)OC(C)(C)C(F)(F)F)C(=O)N3C2)c2cc(F)ccc12. The van der Waals surface area contributed by atoms with Crippen molar-refractivity contribution in [2.45, 2.75) is 113 Å². The fourth-order valence-corrected chi connectivity index (χ4v) is 9.20. The van der Waals surface area contributed by atoms with Crippen LogP contribution < -0.4 is 24.8 Å². The molecule has 4 aliphatic rings. The summed E-state index contributed by atoms with van der Waals surface area (Å²) in [6.45, 7) is 3.26. The number of rotatable bonds is 9. The number of nitrogens with zero attached hydrogens (tertiary/aromatic N) is 2. The van der Waals surface area contributed by atoms with E-state index in [1.54, 1.807) is 19.1 Å². The van der Waals surface area contributed by atoms with E-state index >= 15 is 0 Å². The van der Waals surface area contributed by atoms with Gasteiger partial charge in [-0.3, -0.25) is 19.1 Å². The molecule has 4 amide bonds. The maximum absolute atomic E-state index is 14.7. The van der Waals surface area contributed by atoms with Crippen LogP contribution >= 0.6 is 0 Å². The van der Waals surface area contributed by atoms with E-state index in [1.165, 1.54) is 25.4 Å². The molecule has 3 heterocycles. The number of alkyl carbamates (subject to hydrolysis) is 1. The third kappa shape index (κ3) is 8.77. The molecule has 20 heteroatoms. The summed E-state index contributed by atoms with van der Waals surface area (Å²) in [5.41, 5.74) is -4.74. The number of hydrogen-bond acceptors (Lipinski definition) is 10. The molecular weight excluding hydrogens is 810 g/mol. The number of fused-ring (bicyclic) bond motifs is 3. The highest BCUT2D eigenvalue weighted by molar-refractivity contribution is 7.91. The zero-order chi connectivity index (χ0) is 43.3. The van der Waals surface area contributed by atoms with Gasteiger partial charge >= 0.3 is 12.3 Å². The Morgan fingerprint density at radius 1 is 1.10 bits per heavy atom. The number of aromatic nitrogens is 1. The zero-order valence-corrected chi connectivity index (χ0v) is 34.0. The molecule has 0 spiro atoms. The van der Waals surface area contributed by atoms with E-state index in [0.717, 1.165) is 11.0 Å². The molecule has 6 rings (SSSR count). The van der Waals surface area contributed by atoms with E-state index in [-0.39, 0.29) is 49.4 Å². The van der Waals surface area contributed by atoms with E-state index in [4.69, 9.17) is 14.2 Å². The number of halogens is 5. The van der Waals surface area contributed by atoms with Crippen LogP contribution in [0.4, 0.5) is 26.7 Å². The Balaban J connectivity index is 1.37. The van der Waals surface area contributed by atoms with Crippen LogP contribution in [0.3, 0.4) is 0 Å². The second-order valence-corrected chi connectivity index (χ2v) is 18.7. The molecule has 7 atom stereocenters. The Labute approximate surface area is 338 Å². The molecule has 59 heavy (non-hydrogen) atoms. The second kappa shape index (κ2) is 16.0. The first-order valence-electron chi connectivity index (χ1n) is 19.3. The molecule has 1 aromatic carbocycles. The molecule has 1 saturated heterocycles. The van der Waals surface area contributed by atoms with Gasteiger partial charge in [-0.15, -0.1) is 0 Å². The number of carbonyl (C=O) groups excluding carboxylic acids is 4. The van der Waals surface area contributed by atoms with Gasteiger partial charge in [0.1, 0.15) is 46.7 Å². The Kier molecular flexibility index (Phi) is 11.9. The van der Waals surface area contributed by atoms with Gasteiger partial charge in [-0.05, 0) is 82.4 Å². The van der Waals surface area contributed by atoms with Gasteiger partial charge in [0, 0.05) is 17.7 Å². The summed E-state index contributed by atoms with van der Waals surface area (Å²) in [7, 11) is -3.10. The molecule has 0 radical (unpaired) electrons. The molecule has 1 aromatic heterocycles. The fourth-order valence-electron chi connectivity index (χ4n) is 7.78. The highest BCUT2D eigenvalue weighted by atomic mass is 32.2. The van der Waals surface area contributed by atoms with E-state index in [9.17, 15) is 49.5 Å². The van der Waals surface area contributed by atoms with E-state index in [2.05, 4.69) is 15.6 Å². The van der Waals surface area contributed by atoms with E-state index in [1.807, 2.05) is 11.6 Å². The van der Waals surface area contributed by atoms with E-state index in [0.29, 0.717) is 44.2 Å². The van der Waals surface area contributed by atoms with Crippen molar-refractivity contribution in [3.8, 4) is 11.6 Å². The lowest BCUT2D eigenvalue weighted by Gasteiger charge is -2.34. The number of sulfonamides is 1. The average Bonchev–Trinajstić information content (AvgIpc) is 4.06. The first-order chi connectivity index (χ1) is 27.6. The summed E-state index contributed by atoms with van der Waals surface area (Å²) < 4.78 is 112. The topological polar surface area (TPSA) is 182 Å². The molecule has 324 valence electrons. The van der Waals surface area contributed by atoms with Crippen molar-refractivity contribution < 1.29 is 63.8 Å². The van der Waals surface area contributed by atoms with Gasteiger partial charge in [0.25, 0.3) is 5.91 Å². The van der Waals surface area contributed by atoms with Gasteiger partial charge in [0.15, 0.2) is 0 Å². The molecule has 14 nitrogen and oxygen atoms in total. The van der Waals surface area contributed by atoms with Crippen molar-refractivity contribution >= 4 is 44.6 Å². The van der Waals surface area contributed by atoms with Crippen LogP contribution in [0.1, 0.15) is 72.6 Å². The molecular formula is C39H48F5N5O9S. The zero-order valence-electron chi connectivity index (χ0n) is 33.2. The number of alkyl halides is 4. The van der Waals surface area contributed by atoms with Gasteiger partial charge in [-0.1, -0.05) is 26.0 Å². The molecule has 0 unspecified atom stereocenters. The van der Waals surface area contributed by atoms with E-state index < -0.39 is 98.4 Å². The number of methoxy groups -OCH3 is 1. The highest BCUT2D eigenvalue weighted by Crippen LogP contribution is 2.48. The summed E-state index contributed by atoms with van der Waals surface area (Å²) in [6.07, 6.45) is -1.66. The number of hydrogen-bond donors (Lipinski definition) is 3. The van der Waals surface area contributed by atoms with Crippen LogP contribution in [0.2, 0.25) is 0 Å². The maximum Gasteiger partial charge on any atom is 0.427 e. The van der Waals surface area contributed by atoms with Gasteiger partial charge < -0.3 is 29.7 Å². The normalized spacial score (nSPS) is 28.6. The first kappa shape index (κ1) is 43.8. The number of allylic oxidation sites excluding steroid dienone is 1. The van der Waals surface area contributed by atoms with Crippen molar-refractivity contribution in [2.24, 2.45) is 17.8 Å². The molecule has 2 aliphatic carbocycles. The number of amides is 4. The summed E-state index contributed by atoms with van der Waals surface area (Å²) in [5, 5.41) is 5.63. The minimum atomic E-state index is -4.96. The summed E-state index contributed by atoms with van der Waals surface area (Å²) in [6, 6.07) is 0.843. The third-order valence-corrected chi connectivity index (χ3v) is 14.0. The largest absolute Gasteiger partial charge is 0.494 e. The van der Waals surface area contributed by atoms with Gasteiger partial charge in [0.2, 0.25) is 33.3 Å². The van der Waals surface area contributed by atoms with Crippen molar-refractivity contribution in [3.05, 3.63) is 42.4 Å². The highest BCUT2D eigenvalue weighted by Gasteiger charge is 2.64. The smallest absolute Gasteiger partial charge is 0.427 e. The number of pyridine rings is 1.